The molecule has 2 N–H and O–H groups in total. The molecule has 1 aromatic carbocycles. The maximum atomic E-state index is 11.5. The number of thioether (sulfide) groups is 1. The number of carbonyl (C=O) groups excluding carboxylic acids is 1. The molecule has 19 heavy (non-hydrogen) atoms. The standard InChI is InChI=1S/C14H17NO3S/c1-10(15-13(16)9-19-2)12-5-3-4-11(8-12)6-7-14(17)18/h3-8,10H,9H2,1-2H3,(H,15,16)(H,17,18)/b7-6+. The van der Waals surface area contributed by atoms with Gasteiger partial charge in [-0.25, -0.2) is 4.79 Å². The van der Waals surface area contributed by atoms with E-state index in [1.807, 2.05) is 37.4 Å². The van der Waals surface area contributed by atoms with Gasteiger partial charge in [0.25, 0.3) is 0 Å². The lowest BCUT2D eigenvalue weighted by molar-refractivity contribution is -0.131. The predicted molar refractivity (Wildman–Crippen MR) is 78.1 cm³/mol. The van der Waals surface area contributed by atoms with E-state index in [2.05, 4.69) is 5.32 Å². The second-order valence-electron chi connectivity index (χ2n) is 4.06. The zero-order chi connectivity index (χ0) is 14.3. The van der Waals surface area contributed by atoms with Gasteiger partial charge in [-0.05, 0) is 36.4 Å². The number of hydrogen-bond acceptors (Lipinski definition) is 3. The number of hydrogen-bond donors (Lipinski definition) is 2. The molecule has 0 aromatic heterocycles. The average molecular weight is 279 g/mol. The number of rotatable bonds is 6. The maximum Gasteiger partial charge on any atom is 0.328 e. The summed E-state index contributed by atoms with van der Waals surface area (Å²) in [5, 5.41) is 11.5. The van der Waals surface area contributed by atoms with Gasteiger partial charge in [0.05, 0.1) is 11.8 Å². The Morgan fingerprint density at radius 1 is 1.47 bits per heavy atom. The lowest BCUT2D eigenvalue weighted by Gasteiger charge is -2.14. The minimum atomic E-state index is -0.980. The Morgan fingerprint density at radius 2 is 2.21 bits per heavy atom. The number of aliphatic carboxylic acids is 1. The number of amides is 1. The summed E-state index contributed by atoms with van der Waals surface area (Å²) in [4.78, 5) is 22.0. The smallest absolute Gasteiger partial charge is 0.328 e. The molecule has 1 amide bonds. The monoisotopic (exact) mass is 279 g/mol. The second kappa shape index (κ2) is 7.63. The van der Waals surface area contributed by atoms with Crippen LogP contribution in [0.25, 0.3) is 6.08 Å². The van der Waals surface area contributed by atoms with Crippen molar-refractivity contribution in [1.82, 2.24) is 5.32 Å². The lowest BCUT2D eigenvalue weighted by atomic mass is 10.0. The van der Waals surface area contributed by atoms with Crippen LogP contribution in [0.4, 0.5) is 0 Å². The maximum absolute atomic E-state index is 11.5. The number of nitrogens with one attached hydrogen (secondary N) is 1. The van der Waals surface area contributed by atoms with E-state index in [0.29, 0.717) is 5.75 Å². The Kier molecular flexibility index (Phi) is 6.15. The number of carbonyl (C=O) groups is 2. The van der Waals surface area contributed by atoms with Crippen LogP contribution in [0.5, 0.6) is 0 Å². The van der Waals surface area contributed by atoms with Crippen LogP contribution in [-0.4, -0.2) is 29.0 Å². The summed E-state index contributed by atoms with van der Waals surface area (Å²) in [6, 6.07) is 7.33. The van der Waals surface area contributed by atoms with Crippen molar-refractivity contribution < 1.29 is 14.7 Å². The number of carboxylic acids is 1. The molecular weight excluding hydrogens is 262 g/mol. The van der Waals surface area contributed by atoms with Gasteiger partial charge in [0.1, 0.15) is 0 Å². The van der Waals surface area contributed by atoms with E-state index >= 15 is 0 Å². The van der Waals surface area contributed by atoms with Gasteiger partial charge in [-0.15, -0.1) is 0 Å². The lowest BCUT2D eigenvalue weighted by Crippen LogP contribution is -2.28. The van der Waals surface area contributed by atoms with E-state index in [-0.39, 0.29) is 11.9 Å². The van der Waals surface area contributed by atoms with Gasteiger partial charge >= 0.3 is 5.97 Å². The summed E-state index contributed by atoms with van der Waals surface area (Å²) in [5.41, 5.74) is 1.74. The van der Waals surface area contributed by atoms with Gasteiger partial charge in [-0.1, -0.05) is 18.2 Å². The Balaban J connectivity index is 2.75. The molecule has 102 valence electrons. The van der Waals surface area contributed by atoms with E-state index in [1.54, 1.807) is 0 Å². The topological polar surface area (TPSA) is 66.4 Å². The molecule has 0 saturated heterocycles. The molecule has 0 spiro atoms. The molecule has 1 aromatic rings. The van der Waals surface area contributed by atoms with Gasteiger partial charge in [0.2, 0.25) is 5.91 Å². The summed E-state index contributed by atoms with van der Waals surface area (Å²) in [6.45, 7) is 1.90. The average Bonchev–Trinajstić information content (AvgIpc) is 2.37. The van der Waals surface area contributed by atoms with Crippen LogP contribution in [0.1, 0.15) is 24.1 Å². The van der Waals surface area contributed by atoms with Gasteiger partial charge in [-0.3, -0.25) is 4.79 Å². The summed E-state index contributed by atoms with van der Waals surface area (Å²) >= 11 is 1.47. The van der Waals surface area contributed by atoms with Crippen molar-refractivity contribution in [2.45, 2.75) is 13.0 Å². The molecule has 0 fully saturated rings. The first-order valence-electron chi connectivity index (χ1n) is 5.82. The van der Waals surface area contributed by atoms with Crippen LogP contribution in [-0.2, 0) is 9.59 Å². The molecule has 5 heteroatoms. The molecule has 0 aliphatic rings. The summed E-state index contributed by atoms with van der Waals surface area (Å²) in [7, 11) is 0. The highest BCUT2D eigenvalue weighted by molar-refractivity contribution is 7.99. The van der Waals surface area contributed by atoms with Gasteiger partial charge in [0, 0.05) is 6.08 Å². The first-order valence-corrected chi connectivity index (χ1v) is 7.21. The summed E-state index contributed by atoms with van der Waals surface area (Å²) in [6.07, 6.45) is 4.50. The minimum Gasteiger partial charge on any atom is -0.478 e. The molecule has 1 rings (SSSR count). The number of benzene rings is 1. The van der Waals surface area contributed by atoms with Crippen molar-refractivity contribution in [3.8, 4) is 0 Å². The van der Waals surface area contributed by atoms with Crippen molar-refractivity contribution >= 4 is 29.7 Å². The van der Waals surface area contributed by atoms with Crippen LogP contribution < -0.4 is 5.32 Å². The Hall–Kier alpha value is -1.75. The third-order valence-corrected chi connectivity index (χ3v) is 3.03. The van der Waals surface area contributed by atoms with Crippen LogP contribution >= 0.6 is 11.8 Å². The van der Waals surface area contributed by atoms with Crippen LogP contribution in [0.2, 0.25) is 0 Å². The third kappa shape index (κ3) is 5.61. The summed E-state index contributed by atoms with van der Waals surface area (Å²) < 4.78 is 0. The molecular formula is C14H17NO3S. The molecule has 1 unspecified atom stereocenters. The predicted octanol–water partition coefficient (Wildman–Crippen LogP) is 2.32. The first-order chi connectivity index (χ1) is 9.02. The highest BCUT2D eigenvalue weighted by Gasteiger charge is 2.08. The molecule has 0 aliphatic carbocycles. The highest BCUT2D eigenvalue weighted by atomic mass is 32.2. The van der Waals surface area contributed by atoms with Crippen molar-refractivity contribution in [2.24, 2.45) is 0 Å². The molecule has 0 radical (unpaired) electrons. The zero-order valence-corrected chi connectivity index (χ0v) is 11.7. The fourth-order valence-corrected chi connectivity index (χ4v) is 1.94. The number of carboxylic acid groups (broad SMARTS) is 1. The summed E-state index contributed by atoms with van der Waals surface area (Å²) in [5.74, 6) is -0.554. The van der Waals surface area contributed by atoms with Crippen molar-refractivity contribution in [2.75, 3.05) is 12.0 Å². The molecule has 0 saturated carbocycles. The van der Waals surface area contributed by atoms with Gasteiger partial charge < -0.3 is 10.4 Å². The van der Waals surface area contributed by atoms with Gasteiger partial charge in [-0.2, -0.15) is 11.8 Å². The molecule has 1 atom stereocenters. The van der Waals surface area contributed by atoms with Crippen LogP contribution in [0, 0.1) is 0 Å². The van der Waals surface area contributed by atoms with E-state index < -0.39 is 5.97 Å². The quantitative estimate of drug-likeness (QED) is 0.784. The normalized spacial score (nSPS) is 12.3. The van der Waals surface area contributed by atoms with E-state index in [4.69, 9.17) is 5.11 Å². The Labute approximate surface area is 116 Å². The van der Waals surface area contributed by atoms with Crippen molar-refractivity contribution in [3.63, 3.8) is 0 Å². The van der Waals surface area contributed by atoms with Crippen LogP contribution in [0.3, 0.4) is 0 Å². The zero-order valence-electron chi connectivity index (χ0n) is 10.9. The second-order valence-corrected chi connectivity index (χ2v) is 4.93. The largest absolute Gasteiger partial charge is 0.478 e. The molecule has 0 heterocycles. The van der Waals surface area contributed by atoms with E-state index in [9.17, 15) is 9.59 Å². The third-order valence-electron chi connectivity index (χ3n) is 2.48. The van der Waals surface area contributed by atoms with Crippen molar-refractivity contribution in [1.29, 1.82) is 0 Å². The molecule has 0 aliphatic heterocycles. The van der Waals surface area contributed by atoms with E-state index in [0.717, 1.165) is 17.2 Å². The van der Waals surface area contributed by atoms with Crippen LogP contribution in [0.15, 0.2) is 30.3 Å². The SMILES string of the molecule is CSCC(=O)NC(C)c1cccc(/C=C/C(=O)O)c1. The Morgan fingerprint density at radius 3 is 2.84 bits per heavy atom. The van der Waals surface area contributed by atoms with Crippen molar-refractivity contribution in [3.05, 3.63) is 41.5 Å². The highest BCUT2D eigenvalue weighted by Crippen LogP contribution is 2.15. The fourth-order valence-electron chi connectivity index (χ4n) is 1.60. The first kappa shape index (κ1) is 15.3. The van der Waals surface area contributed by atoms with Gasteiger partial charge in [0.15, 0.2) is 0 Å². The molecule has 0 bridgehead atoms. The Bertz CT molecular complexity index is 485. The van der Waals surface area contributed by atoms with E-state index in [1.165, 1.54) is 17.8 Å². The molecule has 4 nitrogen and oxygen atoms in total. The fraction of sp³-hybridized carbons (Fsp3) is 0.286. The minimum absolute atomic E-state index is 0.00789.